The predicted octanol–water partition coefficient (Wildman–Crippen LogP) is 0.379. The Morgan fingerprint density at radius 3 is 2.84 bits per heavy atom. The molecule has 0 aromatic heterocycles. The standard InChI is InChI=1S/C18H23N3O4/c1-12(22)19-14-7-15-10-20(11-18(23)21(15)9-14)8-13-2-3-16-17(6-13)25-5-4-24-16/h2-3,6,14-15H,4-5,7-11H2,1H3,(H,19,22)/t14-,15-/m0/s1. The Labute approximate surface area is 146 Å². The van der Waals surface area contributed by atoms with Gasteiger partial charge in [0.2, 0.25) is 11.8 Å². The lowest BCUT2D eigenvalue weighted by Crippen LogP contribution is -2.53. The van der Waals surface area contributed by atoms with E-state index in [2.05, 4.69) is 10.2 Å². The molecule has 0 spiro atoms. The topological polar surface area (TPSA) is 71.1 Å². The molecule has 4 rings (SSSR count). The molecule has 25 heavy (non-hydrogen) atoms. The van der Waals surface area contributed by atoms with Crippen LogP contribution in [0.4, 0.5) is 0 Å². The molecule has 7 heteroatoms. The molecule has 2 atom stereocenters. The Kier molecular flexibility index (Phi) is 4.25. The molecule has 134 valence electrons. The number of carbonyl (C=O) groups is 2. The van der Waals surface area contributed by atoms with Crippen LogP contribution in [-0.2, 0) is 16.1 Å². The van der Waals surface area contributed by atoms with Gasteiger partial charge in [0.15, 0.2) is 11.5 Å². The Hall–Kier alpha value is -2.28. The summed E-state index contributed by atoms with van der Waals surface area (Å²) >= 11 is 0. The lowest BCUT2D eigenvalue weighted by molar-refractivity contribution is -0.138. The van der Waals surface area contributed by atoms with Crippen molar-refractivity contribution >= 4 is 11.8 Å². The van der Waals surface area contributed by atoms with E-state index >= 15 is 0 Å². The fourth-order valence-corrected chi connectivity index (χ4v) is 4.00. The number of nitrogens with one attached hydrogen (secondary N) is 1. The van der Waals surface area contributed by atoms with Crippen molar-refractivity contribution in [1.29, 1.82) is 0 Å². The number of nitrogens with zero attached hydrogens (tertiary/aromatic N) is 2. The number of benzene rings is 1. The maximum Gasteiger partial charge on any atom is 0.237 e. The van der Waals surface area contributed by atoms with Crippen molar-refractivity contribution in [3.63, 3.8) is 0 Å². The van der Waals surface area contributed by atoms with Crippen LogP contribution in [0.15, 0.2) is 18.2 Å². The quantitative estimate of drug-likeness (QED) is 0.858. The van der Waals surface area contributed by atoms with Crippen LogP contribution in [0.3, 0.4) is 0 Å². The molecule has 0 aliphatic carbocycles. The van der Waals surface area contributed by atoms with Crippen molar-refractivity contribution in [3.05, 3.63) is 23.8 Å². The lowest BCUT2D eigenvalue weighted by atomic mass is 10.1. The molecule has 0 radical (unpaired) electrons. The van der Waals surface area contributed by atoms with Gasteiger partial charge in [0.05, 0.1) is 6.54 Å². The summed E-state index contributed by atoms with van der Waals surface area (Å²) in [7, 11) is 0. The number of fused-ring (bicyclic) bond motifs is 2. The number of piperazine rings is 1. The first-order chi connectivity index (χ1) is 12.1. The number of ether oxygens (including phenoxy) is 2. The number of carbonyl (C=O) groups excluding carboxylic acids is 2. The van der Waals surface area contributed by atoms with Crippen molar-refractivity contribution in [1.82, 2.24) is 15.1 Å². The summed E-state index contributed by atoms with van der Waals surface area (Å²) < 4.78 is 11.2. The number of amides is 2. The zero-order valence-electron chi connectivity index (χ0n) is 14.4. The van der Waals surface area contributed by atoms with Gasteiger partial charge in [-0.25, -0.2) is 0 Å². The van der Waals surface area contributed by atoms with Crippen LogP contribution in [0.1, 0.15) is 18.9 Å². The van der Waals surface area contributed by atoms with E-state index < -0.39 is 0 Å². The van der Waals surface area contributed by atoms with Gasteiger partial charge in [-0.2, -0.15) is 0 Å². The van der Waals surface area contributed by atoms with E-state index in [9.17, 15) is 9.59 Å². The van der Waals surface area contributed by atoms with E-state index in [1.165, 1.54) is 6.92 Å². The molecule has 7 nitrogen and oxygen atoms in total. The van der Waals surface area contributed by atoms with E-state index in [0.29, 0.717) is 32.8 Å². The molecule has 3 aliphatic rings. The highest BCUT2D eigenvalue weighted by Gasteiger charge is 2.40. The maximum absolute atomic E-state index is 12.5. The van der Waals surface area contributed by atoms with Crippen LogP contribution in [0.2, 0.25) is 0 Å². The molecule has 3 aliphatic heterocycles. The normalized spacial score (nSPS) is 25.6. The molecule has 2 fully saturated rings. The average molecular weight is 345 g/mol. The molecule has 2 amide bonds. The molecule has 1 aromatic carbocycles. The second kappa shape index (κ2) is 6.55. The molecular formula is C18H23N3O4. The lowest BCUT2D eigenvalue weighted by Gasteiger charge is -2.37. The Morgan fingerprint density at radius 2 is 2.04 bits per heavy atom. The fraction of sp³-hybridized carbons (Fsp3) is 0.556. The van der Waals surface area contributed by atoms with Gasteiger partial charge in [-0.05, 0) is 24.1 Å². The van der Waals surface area contributed by atoms with Crippen LogP contribution in [0, 0.1) is 0 Å². The Bertz CT molecular complexity index is 693. The summed E-state index contributed by atoms with van der Waals surface area (Å²) in [6.07, 6.45) is 0.822. The third kappa shape index (κ3) is 3.42. The fourth-order valence-electron chi connectivity index (χ4n) is 4.00. The second-order valence-electron chi connectivity index (χ2n) is 6.98. The Morgan fingerprint density at radius 1 is 1.24 bits per heavy atom. The van der Waals surface area contributed by atoms with Gasteiger partial charge >= 0.3 is 0 Å². The summed E-state index contributed by atoms with van der Waals surface area (Å²) in [5, 5.41) is 2.94. The van der Waals surface area contributed by atoms with Crippen LogP contribution in [-0.4, -0.2) is 66.5 Å². The maximum atomic E-state index is 12.5. The molecule has 3 heterocycles. The molecule has 0 unspecified atom stereocenters. The molecule has 0 bridgehead atoms. The summed E-state index contributed by atoms with van der Waals surface area (Å²) in [5.74, 6) is 1.66. The van der Waals surface area contributed by atoms with Gasteiger partial charge in [-0.1, -0.05) is 6.07 Å². The predicted molar refractivity (Wildman–Crippen MR) is 90.4 cm³/mol. The van der Waals surface area contributed by atoms with Gasteiger partial charge in [-0.3, -0.25) is 14.5 Å². The second-order valence-corrected chi connectivity index (χ2v) is 6.98. The first-order valence-corrected chi connectivity index (χ1v) is 8.76. The summed E-state index contributed by atoms with van der Waals surface area (Å²) in [6.45, 7) is 5.25. The first kappa shape index (κ1) is 16.2. The summed E-state index contributed by atoms with van der Waals surface area (Å²) in [4.78, 5) is 27.8. The van der Waals surface area contributed by atoms with Crippen molar-refractivity contribution in [2.75, 3.05) is 32.8 Å². The highest BCUT2D eigenvalue weighted by molar-refractivity contribution is 5.80. The number of hydrogen-bond acceptors (Lipinski definition) is 5. The van der Waals surface area contributed by atoms with Crippen molar-refractivity contribution in [2.45, 2.75) is 32.0 Å². The van der Waals surface area contributed by atoms with E-state index in [0.717, 1.165) is 30.0 Å². The van der Waals surface area contributed by atoms with E-state index in [1.807, 2.05) is 23.1 Å². The third-order valence-electron chi connectivity index (χ3n) is 4.98. The van der Waals surface area contributed by atoms with Crippen LogP contribution in [0.5, 0.6) is 11.5 Å². The average Bonchev–Trinajstić information content (AvgIpc) is 2.97. The molecule has 1 N–H and O–H groups in total. The highest BCUT2D eigenvalue weighted by Crippen LogP contribution is 2.31. The van der Waals surface area contributed by atoms with Gasteiger partial charge in [0, 0.05) is 38.6 Å². The van der Waals surface area contributed by atoms with Gasteiger partial charge < -0.3 is 19.7 Å². The van der Waals surface area contributed by atoms with Crippen molar-refractivity contribution in [3.8, 4) is 11.5 Å². The third-order valence-corrected chi connectivity index (χ3v) is 4.98. The SMILES string of the molecule is CC(=O)N[C@H]1C[C@H]2CN(Cc3ccc4c(c3)OCCO4)CC(=O)N2C1. The first-order valence-electron chi connectivity index (χ1n) is 8.76. The van der Waals surface area contributed by atoms with E-state index in [-0.39, 0.29) is 23.9 Å². The minimum atomic E-state index is -0.0366. The monoisotopic (exact) mass is 345 g/mol. The van der Waals surface area contributed by atoms with Gasteiger partial charge in [0.25, 0.3) is 0 Å². The molecular weight excluding hydrogens is 322 g/mol. The zero-order valence-corrected chi connectivity index (χ0v) is 14.4. The largest absolute Gasteiger partial charge is 0.486 e. The van der Waals surface area contributed by atoms with E-state index in [4.69, 9.17) is 9.47 Å². The summed E-state index contributed by atoms with van der Waals surface area (Å²) in [6, 6.07) is 6.21. The number of rotatable bonds is 3. The molecule has 1 aromatic rings. The van der Waals surface area contributed by atoms with Gasteiger partial charge in [-0.15, -0.1) is 0 Å². The number of hydrogen-bond donors (Lipinski definition) is 1. The highest BCUT2D eigenvalue weighted by atomic mass is 16.6. The van der Waals surface area contributed by atoms with Crippen molar-refractivity contribution in [2.24, 2.45) is 0 Å². The van der Waals surface area contributed by atoms with Crippen molar-refractivity contribution < 1.29 is 19.1 Å². The molecule has 2 saturated heterocycles. The minimum Gasteiger partial charge on any atom is -0.486 e. The smallest absolute Gasteiger partial charge is 0.237 e. The van der Waals surface area contributed by atoms with E-state index in [1.54, 1.807) is 0 Å². The summed E-state index contributed by atoms with van der Waals surface area (Å²) in [5.41, 5.74) is 1.11. The van der Waals surface area contributed by atoms with Gasteiger partial charge in [0.1, 0.15) is 13.2 Å². The minimum absolute atomic E-state index is 0.0366. The molecule has 0 saturated carbocycles. The Balaban J connectivity index is 1.41. The zero-order chi connectivity index (χ0) is 17.4. The van der Waals surface area contributed by atoms with Crippen LogP contribution >= 0.6 is 0 Å². The van der Waals surface area contributed by atoms with Crippen LogP contribution in [0.25, 0.3) is 0 Å². The van der Waals surface area contributed by atoms with Crippen LogP contribution < -0.4 is 14.8 Å².